The number of pyridine rings is 1. The molecular formula is C8H7BrClNO. The van der Waals surface area contributed by atoms with Gasteiger partial charge in [-0.3, -0.25) is 4.79 Å². The first-order chi connectivity index (χ1) is 5.65. The van der Waals surface area contributed by atoms with Gasteiger partial charge in [0, 0.05) is 11.3 Å². The molecule has 0 aliphatic carbocycles. The van der Waals surface area contributed by atoms with Gasteiger partial charge in [0.2, 0.25) is 0 Å². The van der Waals surface area contributed by atoms with Crippen LogP contribution < -0.4 is 0 Å². The van der Waals surface area contributed by atoms with Crippen LogP contribution in [0.3, 0.4) is 0 Å². The second kappa shape index (κ2) is 4.01. The molecule has 0 radical (unpaired) electrons. The second-order valence-electron chi connectivity index (χ2n) is 2.32. The Balaban J connectivity index is 3.09. The number of Topliss-reactive ketones (excluding diaryl/α,β-unsaturated/α-hetero) is 1. The third-order valence-corrected chi connectivity index (χ3v) is 2.19. The first kappa shape index (κ1) is 9.68. The topological polar surface area (TPSA) is 30.0 Å². The van der Waals surface area contributed by atoms with Gasteiger partial charge in [-0.2, -0.15) is 0 Å². The van der Waals surface area contributed by atoms with Crippen LogP contribution in [-0.2, 0) is 0 Å². The maximum Gasteiger partial charge on any atom is 0.175 e. The summed E-state index contributed by atoms with van der Waals surface area (Å²) in [4.78, 5) is 15.2. The maximum absolute atomic E-state index is 11.2. The SMILES string of the molecule is Cc1nc(Cl)ccc1C(=O)CBr. The van der Waals surface area contributed by atoms with Crippen LogP contribution in [0.4, 0.5) is 0 Å². The average Bonchev–Trinajstić information content (AvgIpc) is 2.03. The van der Waals surface area contributed by atoms with Crippen LogP contribution in [0.2, 0.25) is 5.15 Å². The lowest BCUT2D eigenvalue weighted by Crippen LogP contribution is -2.03. The fourth-order valence-corrected chi connectivity index (χ4v) is 1.39. The minimum atomic E-state index is 0.0247. The van der Waals surface area contributed by atoms with Gasteiger partial charge in [-0.05, 0) is 19.1 Å². The van der Waals surface area contributed by atoms with Gasteiger partial charge < -0.3 is 0 Å². The molecule has 0 saturated carbocycles. The van der Waals surface area contributed by atoms with Crippen LogP contribution in [-0.4, -0.2) is 16.1 Å². The van der Waals surface area contributed by atoms with E-state index < -0.39 is 0 Å². The van der Waals surface area contributed by atoms with Crippen molar-refractivity contribution in [2.75, 3.05) is 5.33 Å². The molecular weight excluding hydrogens is 241 g/mol. The van der Waals surface area contributed by atoms with Crippen molar-refractivity contribution in [1.29, 1.82) is 0 Å². The van der Waals surface area contributed by atoms with Gasteiger partial charge in [-0.1, -0.05) is 27.5 Å². The molecule has 0 amide bonds. The zero-order valence-electron chi connectivity index (χ0n) is 6.47. The van der Waals surface area contributed by atoms with Crippen molar-refractivity contribution in [3.8, 4) is 0 Å². The Morgan fingerprint density at radius 2 is 2.33 bits per heavy atom. The normalized spacial score (nSPS) is 9.92. The van der Waals surface area contributed by atoms with Gasteiger partial charge >= 0.3 is 0 Å². The van der Waals surface area contributed by atoms with E-state index in [-0.39, 0.29) is 5.78 Å². The highest BCUT2D eigenvalue weighted by molar-refractivity contribution is 9.09. The molecule has 1 rings (SSSR count). The fraction of sp³-hybridized carbons (Fsp3) is 0.250. The van der Waals surface area contributed by atoms with E-state index in [4.69, 9.17) is 11.6 Å². The first-order valence-corrected chi connectivity index (χ1v) is 4.87. The van der Waals surface area contributed by atoms with Crippen molar-refractivity contribution in [3.05, 3.63) is 28.5 Å². The Morgan fingerprint density at radius 3 is 2.83 bits per heavy atom. The van der Waals surface area contributed by atoms with E-state index in [0.29, 0.717) is 21.7 Å². The molecule has 0 fully saturated rings. The number of hydrogen-bond donors (Lipinski definition) is 0. The average molecular weight is 249 g/mol. The quantitative estimate of drug-likeness (QED) is 0.457. The number of alkyl halides is 1. The highest BCUT2D eigenvalue weighted by Gasteiger charge is 2.07. The molecule has 0 N–H and O–H groups in total. The predicted molar refractivity (Wildman–Crippen MR) is 52.1 cm³/mol. The Bertz CT molecular complexity index is 314. The molecule has 4 heteroatoms. The van der Waals surface area contributed by atoms with Crippen molar-refractivity contribution in [3.63, 3.8) is 0 Å². The number of aryl methyl sites for hydroxylation is 1. The molecule has 0 aromatic carbocycles. The molecule has 0 unspecified atom stereocenters. The van der Waals surface area contributed by atoms with Crippen LogP contribution in [0.1, 0.15) is 16.1 Å². The fourth-order valence-electron chi connectivity index (χ4n) is 0.897. The molecule has 0 bridgehead atoms. The van der Waals surface area contributed by atoms with Crippen molar-refractivity contribution < 1.29 is 4.79 Å². The van der Waals surface area contributed by atoms with E-state index >= 15 is 0 Å². The summed E-state index contributed by atoms with van der Waals surface area (Å²) < 4.78 is 0. The summed E-state index contributed by atoms with van der Waals surface area (Å²) in [5.41, 5.74) is 1.29. The van der Waals surface area contributed by atoms with E-state index in [1.165, 1.54) is 0 Å². The maximum atomic E-state index is 11.2. The van der Waals surface area contributed by atoms with E-state index in [9.17, 15) is 4.79 Å². The molecule has 1 aromatic rings. The lowest BCUT2D eigenvalue weighted by atomic mass is 10.1. The minimum absolute atomic E-state index is 0.0247. The van der Waals surface area contributed by atoms with Crippen molar-refractivity contribution >= 4 is 33.3 Å². The van der Waals surface area contributed by atoms with Gasteiger partial charge in [0.25, 0.3) is 0 Å². The molecule has 1 aromatic heterocycles. The number of carbonyl (C=O) groups is 1. The Hall–Kier alpha value is -0.410. The molecule has 1 heterocycles. The summed E-state index contributed by atoms with van der Waals surface area (Å²) in [6.45, 7) is 1.77. The number of carbonyl (C=O) groups excluding carboxylic acids is 1. The minimum Gasteiger partial charge on any atom is -0.293 e. The van der Waals surface area contributed by atoms with Gasteiger partial charge in [-0.15, -0.1) is 0 Å². The van der Waals surface area contributed by atoms with E-state index in [1.807, 2.05) is 0 Å². The lowest BCUT2D eigenvalue weighted by Gasteiger charge is -2.00. The molecule has 12 heavy (non-hydrogen) atoms. The van der Waals surface area contributed by atoms with Crippen LogP contribution in [0.25, 0.3) is 0 Å². The van der Waals surface area contributed by atoms with Crippen LogP contribution in [0.5, 0.6) is 0 Å². The Morgan fingerprint density at radius 1 is 1.67 bits per heavy atom. The largest absolute Gasteiger partial charge is 0.293 e. The second-order valence-corrected chi connectivity index (χ2v) is 3.27. The number of aromatic nitrogens is 1. The molecule has 64 valence electrons. The highest BCUT2D eigenvalue weighted by atomic mass is 79.9. The van der Waals surface area contributed by atoms with Crippen LogP contribution in [0, 0.1) is 6.92 Å². The highest BCUT2D eigenvalue weighted by Crippen LogP contribution is 2.11. The number of ketones is 1. The zero-order chi connectivity index (χ0) is 9.14. The van der Waals surface area contributed by atoms with Crippen LogP contribution >= 0.6 is 27.5 Å². The molecule has 0 atom stereocenters. The monoisotopic (exact) mass is 247 g/mol. The predicted octanol–water partition coefficient (Wildman–Crippen LogP) is 2.62. The molecule has 0 aliphatic heterocycles. The summed E-state index contributed by atoms with van der Waals surface area (Å²) >= 11 is 8.72. The van der Waals surface area contributed by atoms with E-state index in [1.54, 1.807) is 19.1 Å². The zero-order valence-corrected chi connectivity index (χ0v) is 8.82. The van der Waals surface area contributed by atoms with E-state index in [2.05, 4.69) is 20.9 Å². The summed E-state index contributed by atoms with van der Waals surface area (Å²) in [7, 11) is 0. The van der Waals surface area contributed by atoms with Crippen molar-refractivity contribution in [2.45, 2.75) is 6.92 Å². The smallest absolute Gasteiger partial charge is 0.175 e. The van der Waals surface area contributed by atoms with Gasteiger partial charge in [0.1, 0.15) is 5.15 Å². The molecule has 0 spiro atoms. The first-order valence-electron chi connectivity index (χ1n) is 3.37. The number of rotatable bonds is 2. The third kappa shape index (κ3) is 2.05. The molecule has 0 aliphatic rings. The van der Waals surface area contributed by atoms with Gasteiger partial charge in [0.05, 0.1) is 5.33 Å². The van der Waals surface area contributed by atoms with Crippen LogP contribution in [0.15, 0.2) is 12.1 Å². The molecule has 2 nitrogen and oxygen atoms in total. The van der Waals surface area contributed by atoms with Gasteiger partial charge in [-0.25, -0.2) is 4.98 Å². The van der Waals surface area contributed by atoms with E-state index in [0.717, 1.165) is 0 Å². The Labute approximate surface area is 84.1 Å². The number of halogens is 2. The van der Waals surface area contributed by atoms with Gasteiger partial charge in [0.15, 0.2) is 5.78 Å². The Kier molecular flexibility index (Phi) is 3.23. The number of nitrogens with zero attached hydrogens (tertiary/aromatic N) is 1. The lowest BCUT2D eigenvalue weighted by molar-refractivity contribution is 0.102. The standard InChI is InChI=1S/C8H7BrClNO/c1-5-6(7(12)4-9)2-3-8(10)11-5/h2-3H,4H2,1H3. The summed E-state index contributed by atoms with van der Waals surface area (Å²) in [6.07, 6.45) is 0. The third-order valence-electron chi connectivity index (χ3n) is 1.47. The molecule has 0 saturated heterocycles. The summed E-state index contributed by atoms with van der Waals surface area (Å²) in [5.74, 6) is 0.0247. The number of hydrogen-bond acceptors (Lipinski definition) is 2. The van der Waals surface area contributed by atoms with Crippen molar-refractivity contribution in [2.24, 2.45) is 0 Å². The summed E-state index contributed by atoms with van der Waals surface area (Å²) in [6, 6.07) is 3.30. The van der Waals surface area contributed by atoms with Crippen molar-refractivity contribution in [1.82, 2.24) is 4.98 Å². The summed E-state index contributed by atoms with van der Waals surface area (Å²) in [5, 5.41) is 0.732.